The second kappa shape index (κ2) is 5.85. The minimum Gasteiger partial charge on any atom is -0.384 e. The zero-order chi connectivity index (χ0) is 13.0. The lowest BCUT2D eigenvalue weighted by atomic mass is 9.96. The van der Waals surface area contributed by atoms with Gasteiger partial charge in [-0.3, -0.25) is 0 Å². The predicted octanol–water partition coefficient (Wildman–Crippen LogP) is 2.92. The molecule has 0 heterocycles. The fraction of sp³-hybridized carbons (Fsp3) is 0.625. The van der Waals surface area contributed by atoms with E-state index in [0.717, 1.165) is 23.9 Å². The van der Waals surface area contributed by atoms with Gasteiger partial charge < -0.3 is 10.4 Å². The first kappa shape index (κ1) is 13.6. The van der Waals surface area contributed by atoms with Crippen LogP contribution in [0, 0.1) is 11.8 Å². The van der Waals surface area contributed by atoms with E-state index in [0.29, 0.717) is 6.54 Å². The molecule has 0 amide bonds. The molecule has 3 atom stereocenters. The largest absolute Gasteiger partial charge is 0.384 e. The standard InChI is InChI=1S/C16H25NO/c1-13-8-9-14(10-13)11-17-12-16(2,18)15-6-4-3-5-7-15/h3-7,13-14,17-18H,8-12H2,1-2H3. The monoisotopic (exact) mass is 247 g/mol. The van der Waals surface area contributed by atoms with Crippen LogP contribution in [0.1, 0.15) is 38.7 Å². The number of hydrogen-bond acceptors (Lipinski definition) is 2. The van der Waals surface area contributed by atoms with Gasteiger partial charge in [0.2, 0.25) is 0 Å². The first-order chi connectivity index (χ1) is 8.58. The Kier molecular flexibility index (Phi) is 4.41. The van der Waals surface area contributed by atoms with Gasteiger partial charge in [-0.15, -0.1) is 0 Å². The van der Waals surface area contributed by atoms with Crippen LogP contribution >= 0.6 is 0 Å². The Morgan fingerprint density at radius 1 is 1.28 bits per heavy atom. The molecule has 2 rings (SSSR count). The Bertz CT molecular complexity index is 361. The van der Waals surface area contributed by atoms with Crippen LogP contribution in [-0.2, 0) is 5.60 Å². The summed E-state index contributed by atoms with van der Waals surface area (Å²) in [5.74, 6) is 1.68. The van der Waals surface area contributed by atoms with Gasteiger partial charge in [0.05, 0.1) is 5.60 Å². The van der Waals surface area contributed by atoms with Crippen molar-refractivity contribution < 1.29 is 5.11 Å². The van der Waals surface area contributed by atoms with Crippen molar-refractivity contribution in [3.8, 4) is 0 Å². The summed E-state index contributed by atoms with van der Waals surface area (Å²) >= 11 is 0. The molecule has 1 aromatic rings. The van der Waals surface area contributed by atoms with Gasteiger partial charge in [0.1, 0.15) is 0 Å². The summed E-state index contributed by atoms with van der Waals surface area (Å²) in [6.45, 7) is 5.88. The highest BCUT2D eigenvalue weighted by Crippen LogP contribution is 2.29. The lowest BCUT2D eigenvalue weighted by Crippen LogP contribution is -2.37. The normalized spacial score (nSPS) is 27.1. The van der Waals surface area contributed by atoms with E-state index in [9.17, 15) is 5.11 Å². The van der Waals surface area contributed by atoms with E-state index in [2.05, 4.69) is 12.2 Å². The van der Waals surface area contributed by atoms with Gasteiger partial charge in [0, 0.05) is 6.54 Å². The maximum absolute atomic E-state index is 10.4. The van der Waals surface area contributed by atoms with Crippen LogP contribution in [0.25, 0.3) is 0 Å². The molecule has 100 valence electrons. The summed E-state index contributed by atoms with van der Waals surface area (Å²) in [4.78, 5) is 0. The quantitative estimate of drug-likeness (QED) is 0.838. The van der Waals surface area contributed by atoms with Crippen molar-refractivity contribution in [1.29, 1.82) is 0 Å². The summed E-state index contributed by atoms with van der Waals surface area (Å²) in [7, 11) is 0. The van der Waals surface area contributed by atoms with Crippen molar-refractivity contribution in [2.24, 2.45) is 11.8 Å². The SMILES string of the molecule is CC1CCC(CNCC(C)(O)c2ccccc2)C1. The number of rotatable bonds is 5. The Balaban J connectivity index is 1.79. The van der Waals surface area contributed by atoms with Crippen molar-refractivity contribution in [2.75, 3.05) is 13.1 Å². The summed E-state index contributed by atoms with van der Waals surface area (Å²) in [5, 5.41) is 13.9. The lowest BCUT2D eigenvalue weighted by Gasteiger charge is -2.25. The zero-order valence-electron chi connectivity index (χ0n) is 11.5. The van der Waals surface area contributed by atoms with Crippen LogP contribution in [0.2, 0.25) is 0 Å². The predicted molar refractivity (Wildman–Crippen MR) is 75.4 cm³/mol. The molecule has 2 N–H and O–H groups in total. The minimum atomic E-state index is -0.772. The maximum Gasteiger partial charge on any atom is 0.0992 e. The topological polar surface area (TPSA) is 32.3 Å². The average Bonchev–Trinajstić information content (AvgIpc) is 2.76. The van der Waals surface area contributed by atoms with Gasteiger partial charge in [0.25, 0.3) is 0 Å². The maximum atomic E-state index is 10.4. The molecule has 0 aliphatic heterocycles. The van der Waals surface area contributed by atoms with Gasteiger partial charge in [-0.1, -0.05) is 43.7 Å². The third kappa shape index (κ3) is 3.56. The van der Waals surface area contributed by atoms with Gasteiger partial charge in [-0.25, -0.2) is 0 Å². The molecule has 0 radical (unpaired) electrons. The van der Waals surface area contributed by atoms with Crippen molar-refractivity contribution in [3.05, 3.63) is 35.9 Å². The van der Waals surface area contributed by atoms with E-state index in [1.54, 1.807) is 0 Å². The Morgan fingerprint density at radius 2 is 2.00 bits per heavy atom. The third-order valence-corrected chi connectivity index (χ3v) is 4.10. The summed E-state index contributed by atoms with van der Waals surface area (Å²) in [6.07, 6.45) is 4.03. The molecule has 0 bridgehead atoms. The molecule has 1 aromatic carbocycles. The second-order valence-electron chi connectivity index (χ2n) is 6.06. The molecular formula is C16H25NO. The minimum absolute atomic E-state index is 0.627. The van der Waals surface area contributed by atoms with Gasteiger partial charge in [-0.05, 0) is 43.7 Å². The fourth-order valence-electron chi connectivity index (χ4n) is 2.93. The van der Waals surface area contributed by atoms with Crippen molar-refractivity contribution >= 4 is 0 Å². The summed E-state index contributed by atoms with van der Waals surface area (Å²) in [5.41, 5.74) is 0.211. The summed E-state index contributed by atoms with van der Waals surface area (Å²) < 4.78 is 0. The fourth-order valence-corrected chi connectivity index (χ4v) is 2.93. The lowest BCUT2D eigenvalue weighted by molar-refractivity contribution is 0.0560. The molecule has 0 aromatic heterocycles. The number of nitrogens with one attached hydrogen (secondary N) is 1. The molecule has 2 heteroatoms. The molecule has 1 saturated carbocycles. The van der Waals surface area contributed by atoms with Crippen molar-refractivity contribution in [2.45, 2.75) is 38.7 Å². The van der Waals surface area contributed by atoms with E-state index in [4.69, 9.17) is 0 Å². The highest BCUT2D eigenvalue weighted by Gasteiger charge is 2.24. The number of aliphatic hydroxyl groups is 1. The molecule has 1 aliphatic rings. The van der Waals surface area contributed by atoms with Gasteiger partial charge in [0.15, 0.2) is 0 Å². The molecule has 0 spiro atoms. The zero-order valence-corrected chi connectivity index (χ0v) is 11.5. The van der Waals surface area contributed by atoms with Gasteiger partial charge in [-0.2, -0.15) is 0 Å². The molecule has 0 saturated heterocycles. The smallest absolute Gasteiger partial charge is 0.0992 e. The van der Waals surface area contributed by atoms with E-state index >= 15 is 0 Å². The first-order valence-corrected chi connectivity index (χ1v) is 7.06. The van der Waals surface area contributed by atoms with Gasteiger partial charge >= 0.3 is 0 Å². The summed E-state index contributed by atoms with van der Waals surface area (Å²) in [6, 6.07) is 9.90. The van der Waals surface area contributed by atoms with Crippen LogP contribution in [-0.4, -0.2) is 18.2 Å². The van der Waals surface area contributed by atoms with Crippen LogP contribution in [0.4, 0.5) is 0 Å². The average molecular weight is 247 g/mol. The third-order valence-electron chi connectivity index (χ3n) is 4.10. The Morgan fingerprint density at radius 3 is 2.61 bits per heavy atom. The van der Waals surface area contributed by atoms with Crippen LogP contribution < -0.4 is 5.32 Å². The molecule has 18 heavy (non-hydrogen) atoms. The molecule has 3 unspecified atom stereocenters. The molecular weight excluding hydrogens is 222 g/mol. The van der Waals surface area contributed by atoms with E-state index in [-0.39, 0.29) is 0 Å². The first-order valence-electron chi connectivity index (χ1n) is 7.06. The number of hydrogen-bond donors (Lipinski definition) is 2. The van der Waals surface area contributed by atoms with Crippen LogP contribution in [0.15, 0.2) is 30.3 Å². The molecule has 2 nitrogen and oxygen atoms in total. The van der Waals surface area contributed by atoms with E-state index in [1.165, 1.54) is 19.3 Å². The van der Waals surface area contributed by atoms with Crippen LogP contribution in [0.5, 0.6) is 0 Å². The van der Waals surface area contributed by atoms with Crippen molar-refractivity contribution in [3.63, 3.8) is 0 Å². The Labute approximate surface area is 110 Å². The molecule has 1 fully saturated rings. The second-order valence-corrected chi connectivity index (χ2v) is 6.06. The van der Waals surface area contributed by atoms with E-state index < -0.39 is 5.60 Å². The highest BCUT2D eigenvalue weighted by atomic mass is 16.3. The highest BCUT2D eigenvalue weighted by molar-refractivity contribution is 5.21. The van der Waals surface area contributed by atoms with Crippen LogP contribution in [0.3, 0.4) is 0 Å². The number of benzene rings is 1. The van der Waals surface area contributed by atoms with E-state index in [1.807, 2.05) is 37.3 Å². The van der Waals surface area contributed by atoms with Crippen molar-refractivity contribution in [1.82, 2.24) is 5.32 Å². The Hall–Kier alpha value is -0.860. The molecule has 1 aliphatic carbocycles.